The predicted molar refractivity (Wildman–Crippen MR) is 59.1 cm³/mol. The summed E-state index contributed by atoms with van der Waals surface area (Å²) in [6, 6.07) is 0. The van der Waals surface area contributed by atoms with Gasteiger partial charge in [0.25, 0.3) is 0 Å². The Balaban J connectivity index is 1.95. The topological polar surface area (TPSA) is 0 Å². The first-order valence-electron chi connectivity index (χ1n) is 5.82. The molecule has 0 aromatic rings. The molecule has 13 heavy (non-hydrogen) atoms. The smallest absolute Gasteiger partial charge is 0.0268 e. The Morgan fingerprint density at radius 3 is 2.23 bits per heavy atom. The van der Waals surface area contributed by atoms with E-state index in [0.29, 0.717) is 4.32 Å². The van der Waals surface area contributed by atoms with Gasteiger partial charge in [-0.25, -0.2) is 0 Å². The van der Waals surface area contributed by atoms with Crippen LogP contribution in [0.3, 0.4) is 0 Å². The van der Waals surface area contributed by atoms with Crippen molar-refractivity contribution in [2.75, 3.05) is 0 Å². The summed E-state index contributed by atoms with van der Waals surface area (Å²) >= 11 is 4.03. The Labute approximate surface area is 89.6 Å². The van der Waals surface area contributed by atoms with Gasteiger partial charge in [-0.15, -0.1) is 0 Å². The zero-order valence-electron chi connectivity index (χ0n) is 8.48. The molecule has 0 aromatic carbocycles. The second-order valence-electron chi connectivity index (χ2n) is 5.97. The van der Waals surface area contributed by atoms with E-state index in [0.717, 1.165) is 17.3 Å². The van der Waals surface area contributed by atoms with Gasteiger partial charge >= 0.3 is 0 Å². The molecule has 0 nitrogen and oxygen atoms in total. The van der Waals surface area contributed by atoms with E-state index in [4.69, 9.17) is 0 Å². The number of alkyl halides is 1. The standard InChI is InChI=1S/C12H19Br/c1-2-11-4-9-3-10(5-11)7-12(13,6-9)8-11/h9-10H,2-8H2,1H3/t9-,10+,11?,12?. The van der Waals surface area contributed by atoms with Crippen LogP contribution < -0.4 is 0 Å². The maximum Gasteiger partial charge on any atom is 0.0268 e. The van der Waals surface area contributed by atoms with Crippen LogP contribution in [0, 0.1) is 17.3 Å². The van der Waals surface area contributed by atoms with Crippen LogP contribution >= 0.6 is 15.9 Å². The molecule has 74 valence electrons. The summed E-state index contributed by atoms with van der Waals surface area (Å²) < 4.78 is 0.576. The normalized spacial score (nSPS) is 58.6. The average Bonchev–Trinajstić information content (AvgIpc) is 1.99. The fourth-order valence-corrected chi connectivity index (χ4v) is 6.26. The zero-order chi connectivity index (χ0) is 9.10. The van der Waals surface area contributed by atoms with E-state index in [1.807, 2.05) is 0 Å². The molecule has 4 rings (SSSR count). The Morgan fingerprint density at radius 2 is 1.77 bits per heavy atom. The number of rotatable bonds is 1. The molecule has 2 unspecified atom stereocenters. The fourth-order valence-electron chi connectivity index (χ4n) is 4.75. The van der Waals surface area contributed by atoms with Crippen LogP contribution in [0.15, 0.2) is 0 Å². The van der Waals surface area contributed by atoms with E-state index >= 15 is 0 Å². The molecule has 4 fully saturated rings. The van der Waals surface area contributed by atoms with Crippen molar-refractivity contribution in [1.82, 2.24) is 0 Å². The highest BCUT2D eigenvalue weighted by molar-refractivity contribution is 9.10. The molecule has 4 atom stereocenters. The summed E-state index contributed by atoms with van der Waals surface area (Å²) in [7, 11) is 0. The van der Waals surface area contributed by atoms with Crippen molar-refractivity contribution in [1.29, 1.82) is 0 Å². The summed E-state index contributed by atoms with van der Waals surface area (Å²) in [6.07, 6.45) is 10.5. The lowest BCUT2D eigenvalue weighted by atomic mass is 9.49. The molecule has 0 aliphatic heterocycles. The molecule has 4 aliphatic rings. The third kappa shape index (κ3) is 1.22. The highest BCUT2D eigenvalue weighted by Crippen LogP contribution is 2.65. The van der Waals surface area contributed by atoms with Crippen LogP contribution in [0.1, 0.15) is 51.9 Å². The molecule has 1 heteroatoms. The summed E-state index contributed by atoms with van der Waals surface area (Å²) in [4.78, 5) is 0. The molecular formula is C12H19Br. The molecule has 0 spiro atoms. The van der Waals surface area contributed by atoms with E-state index in [2.05, 4.69) is 22.9 Å². The van der Waals surface area contributed by atoms with E-state index in [1.165, 1.54) is 25.7 Å². The highest BCUT2D eigenvalue weighted by Gasteiger charge is 2.55. The van der Waals surface area contributed by atoms with Gasteiger partial charge in [0.15, 0.2) is 0 Å². The molecule has 0 N–H and O–H groups in total. The first-order chi connectivity index (χ1) is 6.13. The highest BCUT2D eigenvalue weighted by atomic mass is 79.9. The Hall–Kier alpha value is 0.480. The zero-order valence-corrected chi connectivity index (χ0v) is 10.1. The van der Waals surface area contributed by atoms with Gasteiger partial charge in [0.05, 0.1) is 0 Å². The van der Waals surface area contributed by atoms with Gasteiger partial charge in [-0.05, 0) is 55.8 Å². The molecule has 4 saturated carbocycles. The lowest BCUT2D eigenvalue weighted by molar-refractivity contribution is -0.0370. The van der Waals surface area contributed by atoms with Crippen molar-refractivity contribution in [2.45, 2.75) is 56.2 Å². The van der Waals surface area contributed by atoms with Gasteiger partial charge in [-0.2, -0.15) is 0 Å². The fraction of sp³-hybridized carbons (Fsp3) is 1.00. The van der Waals surface area contributed by atoms with Gasteiger partial charge in [0.2, 0.25) is 0 Å². The van der Waals surface area contributed by atoms with Crippen LogP contribution in [0.4, 0.5) is 0 Å². The lowest BCUT2D eigenvalue weighted by Gasteiger charge is -2.60. The third-order valence-corrected chi connectivity index (χ3v) is 5.79. The number of hydrogen-bond acceptors (Lipinski definition) is 0. The molecule has 0 amide bonds. The van der Waals surface area contributed by atoms with Gasteiger partial charge in [-0.3, -0.25) is 0 Å². The minimum Gasteiger partial charge on any atom is -0.0853 e. The maximum absolute atomic E-state index is 4.03. The van der Waals surface area contributed by atoms with Crippen molar-refractivity contribution in [2.24, 2.45) is 17.3 Å². The van der Waals surface area contributed by atoms with Crippen molar-refractivity contribution in [3.63, 3.8) is 0 Å². The van der Waals surface area contributed by atoms with Crippen LogP contribution in [0.5, 0.6) is 0 Å². The van der Waals surface area contributed by atoms with Crippen LogP contribution in [-0.2, 0) is 0 Å². The van der Waals surface area contributed by atoms with Crippen molar-refractivity contribution in [3.05, 3.63) is 0 Å². The van der Waals surface area contributed by atoms with Gasteiger partial charge < -0.3 is 0 Å². The Bertz CT molecular complexity index is 219. The molecule has 0 radical (unpaired) electrons. The van der Waals surface area contributed by atoms with Crippen molar-refractivity contribution < 1.29 is 0 Å². The van der Waals surface area contributed by atoms with Crippen LogP contribution in [0.2, 0.25) is 0 Å². The van der Waals surface area contributed by atoms with Crippen LogP contribution in [-0.4, -0.2) is 4.32 Å². The van der Waals surface area contributed by atoms with Gasteiger partial charge in [0, 0.05) is 4.32 Å². The Morgan fingerprint density at radius 1 is 1.15 bits per heavy atom. The molecular weight excluding hydrogens is 224 g/mol. The molecule has 4 aliphatic carbocycles. The maximum atomic E-state index is 4.03. The first kappa shape index (κ1) is 8.76. The molecule has 0 saturated heterocycles. The minimum atomic E-state index is 0.576. The van der Waals surface area contributed by atoms with Crippen molar-refractivity contribution in [3.8, 4) is 0 Å². The molecule has 4 bridgehead atoms. The second-order valence-corrected chi connectivity index (χ2v) is 7.65. The van der Waals surface area contributed by atoms with Gasteiger partial charge in [0.1, 0.15) is 0 Å². The van der Waals surface area contributed by atoms with E-state index < -0.39 is 0 Å². The van der Waals surface area contributed by atoms with E-state index in [1.54, 1.807) is 19.3 Å². The lowest BCUT2D eigenvalue weighted by Crippen LogP contribution is -2.52. The predicted octanol–water partition coefficient (Wildman–Crippen LogP) is 4.13. The SMILES string of the molecule is CCC12C[C@@H]3C[C@@H](CC(Br)(C3)C1)C2. The molecule has 0 heterocycles. The van der Waals surface area contributed by atoms with E-state index in [-0.39, 0.29) is 0 Å². The van der Waals surface area contributed by atoms with E-state index in [9.17, 15) is 0 Å². The average molecular weight is 243 g/mol. The monoisotopic (exact) mass is 242 g/mol. The number of hydrogen-bond donors (Lipinski definition) is 0. The largest absolute Gasteiger partial charge is 0.0853 e. The number of halogens is 1. The molecule has 0 aromatic heterocycles. The first-order valence-corrected chi connectivity index (χ1v) is 6.61. The Kier molecular flexibility index (Phi) is 1.71. The summed E-state index contributed by atoms with van der Waals surface area (Å²) in [5.41, 5.74) is 0.758. The van der Waals surface area contributed by atoms with Crippen molar-refractivity contribution >= 4 is 15.9 Å². The quantitative estimate of drug-likeness (QED) is 0.607. The second kappa shape index (κ2) is 2.53. The van der Waals surface area contributed by atoms with Crippen LogP contribution in [0.25, 0.3) is 0 Å². The summed E-state index contributed by atoms with van der Waals surface area (Å²) in [6.45, 7) is 2.41. The summed E-state index contributed by atoms with van der Waals surface area (Å²) in [5.74, 6) is 2.14. The summed E-state index contributed by atoms with van der Waals surface area (Å²) in [5, 5.41) is 0. The third-order valence-electron chi connectivity index (χ3n) is 4.86. The van der Waals surface area contributed by atoms with Gasteiger partial charge in [-0.1, -0.05) is 29.3 Å². The minimum absolute atomic E-state index is 0.576.